The Labute approximate surface area is 169 Å². The zero-order valence-corrected chi connectivity index (χ0v) is 16.9. The van der Waals surface area contributed by atoms with E-state index in [1.165, 1.54) is 45.8 Å². The summed E-state index contributed by atoms with van der Waals surface area (Å²) < 4.78 is 0. The minimum atomic E-state index is 0.781. The summed E-state index contributed by atoms with van der Waals surface area (Å²) in [4.78, 5) is 5.30. The van der Waals surface area contributed by atoms with E-state index in [0.717, 1.165) is 29.6 Å². The fourth-order valence-corrected chi connectivity index (χ4v) is 4.97. The molecule has 3 aromatic rings. The number of halogens is 2. The number of hydrogen-bond acceptors (Lipinski definition) is 2. The first-order valence-corrected chi connectivity index (χ1v) is 10.6. The van der Waals surface area contributed by atoms with Crippen molar-refractivity contribution >= 4 is 40.2 Å². The second kappa shape index (κ2) is 8.04. The standard InChI is InChI=1S/C22H21Cl2NS/c23-18-8-4-16(5-9-18)14-22-20(25-12-2-1-3-13-25)15-21(26-22)17-6-10-19(24)11-7-17/h4-11,15H,1-3,12-14H2. The summed E-state index contributed by atoms with van der Waals surface area (Å²) in [5, 5.41) is 1.57. The van der Waals surface area contributed by atoms with Gasteiger partial charge in [0.1, 0.15) is 0 Å². The van der Waals surface area contributed by atoms with Crippen LogP contribution in [-0.2, 0) is 6.42 Å². The number of anilines is 1. The van der Waals surface area contributed by atoms with Crippen molar-refractivity contribution in [3.05, 3.63) is 75.1 Å². The van der Waals surface area contributed by atoms with Gasteiger partial charge >= 0.3 is 0 Å². The Morgan fingerprint density at radius 3 is 2.08 bits per heavy atom. The molecule has 0 saturated carbocycles. The second-order valence-corrected chi connectivity index (χ2v) is 8.79. The lowest BCUT2D eigenvalue weighted by Crippen LogP contribution is -2.29. The molecule has 0 bridgehead atoms. The fourth-order valence-electron chi connectivity index (χ4n) is 3.49. The van der Waals surface area contributed by atoms with E-state index < -0.39 is 0 Å². The Kier molecular flexibility index (Phi) is 5.54. The molecule has 1 nitrogen and oxygen atoms in total. The summed E-state index contributed by atoms with van der Waals surface area (Å²) in [7, 11) is 0. The summed E-state index contributed by atoms with van der Waals surface area (Å²) in [6.07, 6.45) is 4.86. The number of thiophene rings is 1. The summed E-state index contributed by atoms with van der Waals surface area (Å²) >= 11 is 14.0. The molecule has 0 unspecified atom stereocenters. The summed E-state index contributed by atoms with van der Waals surface area (Å²) in [5.74, 6) is 0. The topological polar surface area (TPSA) is 3.24 Å². The van der Waals surface area contributed by atoms with Gasteiger partial charge in [-0.05, 0) is 60.7 Å². The van der Waals surface area contributed by atoms with E-state index in [1.807, 2.05) is 35.6 Å². The molecule has 134 valence electrons. The molecule has 0 spiro atoms. The first-order chi connectivity index (χ1) is 12.7. The molecule has 4 rings (SSSR count). The van der Waals surface area contributed by atoms with Crippen molar-refractivity contribution in [2.45, 2.75) is 25.7 Å². The predicted molar refractivity (Wildman–Crippen MR) is 115 cm³/mol. The molecule has 26 heavy (non-hydrogen) atoms. The van der Waals surface area contributed by atoms with Crippen molar-refractivity contribution in [3.8, 4) is 10.4 Å². The van der Waals surface area contributed by atoms with Gasteiger partial charge in [0, 0.05) is 39.3 Å². The zero-order valence-electron chi connectivity index (χ0n) is 14.6. The molecule has 1 fully saturated rings. The number of benzene rings is 2. The van der Waals surface area contributed by atoms with Crippen molar-refractivity contribution < 1.29 is 0 Å². The van der Waals surface area contributed by atoms with E-state index in [1.54, 1.807) is 0 Å². The summed E-state index contributed by atoms with van der Waals surface area (Å²) in [6.45, 7) is 2.31. The zero-order chi connectivity index (χ0) is 17.9. The largest absolute Gasteiger partial charge is 0.371 e. The van der Waals surface area contributed by atoms with Crippen LogP contribution in [0.1, 0.15) is 29.7 Å². The average Bonchev–Trinajstić information content (AvgIpc) is 3.09. The number of rotatable bonds is 4. The highest BCUT2D eigenvalue weighted by atomic mass is 35.5. The quantitative estimate of drug-likeness (QED) is 0.442. The molecule has 1 aromatic heterocycles. The predicted octanol–water partition coefficient (Wildman–Crippen LogP) is 7.30. The van der Waals surface area contributed by atoms with Crippen LogP contribution in [0.5, 0.6) is 0 Å². The van der Waals surface area contributed by atoms with Gasteiger partial charge in [-0.2, -0.15) is 0 Å². The maximum Gasteiger partial charge on any atom is 0.0517 e. The van der Waals surface area contributed by atoms with E-state index >= 15 is 0 Å². The van der Waals surface area contributed by atoms with Crippen LogP contribution in [0, 0.1) is 0 Å². The van der Waals surface area contributed by atoms with Crippen molar-refractivity contribution in [1.82, 2.24) is 0 Å². The van der Waals surface area contributed by atoms with Crippen LogP contribution < -0.4 is 4.90 Å². The normalized spacial score (nSPS) is 14.6. The molecule has 1 saturated heterocycles. The van der Waals surface area contributed by atoms with Crippen LogP contribution in [0.25, 0.3) is 10.4 Å². The smallest absolute Gasteiger partial charge is 0.0517 e. The van der Waals surface area contributed by atoms with Gasteiger partial charge in [-0.1, -0.05) is 47.5 Å². The first-order valence-electron chi connectivity index (χ1n) is 9.07. The minimum Gasteiger partial charge on any atom is -0.371 e. The van der Waals surface area contributed by atoms with Crippen LogP contribution in [-0.4, -0.2) is 13.1 Å². The third-order valence-corrected chi connectivity index (χ3v) is 6.57. The molecular formula is C22H21Cl2NS. The van der Waals surface area contributed by atoms with Crippen molar-refractivity contribution in [3.63, 3.8) is 0 Å². The third-order valence-electron chi connectivity index (χ3n) is 4.89. The molecule has 1 aliphatic rings. The van der Waals surface area contributed by atoms with Gasteiger partial charge in [0.25, 0.3) is 0 Å². The van der Waals surface area contributed by atoms with E-state index in [-0.39, 0.29) is 0 Å². The SMILES string of the molecule is Clc1ccc(Cc2sc(-c3ccc(Cl)cc3)cc2N2CCCCC2)cc1. The van der Waals surface area contributed by atoms with Gasteiger partial charge < -0.3 is 4.90 Å². The van der Waals surface area contributed by atoms with Crippen LogP contribution in [0.15, 0.2) is 54.6 Å². The highest BCUT2D eigenvalue weighted by molar-refractivity contribution is 7.16. The Morgan fingerprint density at radius 1 is 0.808 bits per heavy atom. The van der Waals surface area contributed by atoms with Gasteiger partial charge in [0.05, 0.1) is 5.69 Å². The lowest BCUT2D eigenvalue weighted by molar-refractivity contribution is 0.577. The van der Waals surface area contributed by atoms with Crippen LogP contribution in [0.3, 0.4) is 0 Å². The van der Waals surface area contributed by atoms with Crippen LogP contribution in [0.4, 0.5) is 5.69 Å². The van der Waals surface area contributed by atoms with E-state index in [2.05, 4.69) is 35.2 Å². The monoisotopic (exact) mass is 401 g/mol. The Morgan fingerprint density at radius 2 is 1.42 bits per heavy atom. The molecule has 2 aromatic carbocycles. The fraction of sp³-hybridized carbons (Fsp3) is 0.273. The van der Waals surface area contributed by atoms with Gasteiger partial charge in [-0.3, -0.25) is 0 Å². The maximum absolute atomic E-state index is 6.06. The highest BCUT2D eigenvalue weighted by Crippen LogP contribution is 2.39. The molecule has 0 atom stereocenters. The molecule has 0 amide bonds. The second-order valence-electron chi connectivity index (χ2n) is 6.78. The maximum atomic E-state index is 6.06. The van der Waals surface area contributed by atoms with Crippen molar-refractivity contribution in [1.29, 1.82) is 0 Å². The molecule has 0 radical (unpaired) electrons. The van der Waals surface area contributed by atoms with Gasteiger partial charge in [0.2, 0.25) is 0 Å². The Hall–Kier alpha value is -1.48. The molecule has 1 aliphatic heterocycles. The molecule has 0 aliphatic carbocycles. The van der Waals surface area contributed by atoms with Gasteiger partial charge in [0.15, 0.2) is 0 Å². The van der Waals surface area contributed by atoms with Crippen LogP contribution in [0.2, 0.25) is 10.0 Å². The van der Waals surface area contributed by atoms with E-state index in [0.29, 0.717) is 0 Å². The first kappa shape index (κ1) is 17.9. The Bertz CT molecular complexity index is 862. The van der Waals surface area contributed by atoms with Crippen molar-refractivity contribution in [2.75, 3.05) is 18.0 Å². The lowest BCUT2D eigenvalue weighted by atomic mass is 10.1. The molecule has 0 N–H and O–H groups in total. The van der Waals surface area contributed by atoms with Crippen LogP contribution >= 0.6 is 34.5 Å². The number of piperidine rings is 1. The summed E-state index contributed by atoms with van der Waals surface area (Å²) in [5.41, 5.74) is 3.94. The highest BCUT2D eigenvalue weighted by Gasteiger charge is 2.18. The van der Waals surface area contributed by atoms with Gasteiger partial charge in [-0.25, -0.2) is 0 Å². The van der Waals surface area contributed by atoms with E-state index in [9.17, 15) is 0 Å². The minimum absolute atomic E-state index is 0.781. The number of nitrogens with zero attached hydrogens (tertiary/aromatic N) is 1. The van der Waals surface area contributed by atoms with E-state index in [4.69, 9.17) is 23.2 Å². The summed E-state index contributed by atoms with van der Waals surface area (Å²) in [6, 6.07) is 18.7. The molecular weight excluding hydrogens is 381 g/mol. The number of hydrogen-bond donors (Lipinski definition) is 0. The van der Waals surface area contributed by atoms with Crippen molar-refractivity contribution in [2.24, 2.45) is 0 Å². The molecule has 2 heterocycles. The Balaban J connectivity index is 1.69. The average molecular weight is 402 g/mol. The lowest BCUT2D eigenvalue weighted by Gasteiger charge is -2.29. The molecule has 4 heteroatoms. The third kappa shape index (κ3) is 4.09. The van der Waals surface area contributed by atoms with Gasteiger partial charge in [-0.15, -0.1) is 11.3 Å².